The molecular weight excluding hydrogens is 622 g/mol. The lowest BCUT2D eigenvalue weighted by atomic mass is 9.61. The van der Waals surface area contributed by atoms with E-state index >= 15 is 0 Å². The van der Waals surface area contributed by atoms with E-state index in [0.717, 1.165) is 89.0 Å². The molecule has 0 bridgehead atoms. The van der Waals surface area contributed by atoms with Crippen LogP contribution in [0.4, 0.5) is 0 Å². The Labute approximate surface area is 304 Å². The molecule has 4 fully saturated rings. The van der Waals surface area contributed by atoms with Crippen LogP contribution in [0.5, 0.6) is 0 Å². The molecule has 5 atom stereocenters. The number of hydrogen-bond donors (Lipinski definition) is 4. The van der Waals surface area contributed by atoms with E-state index in [-0.39, 0.29) is 40.7 Å². The fourth-order valence-corrected chi connectivity index (χ4v) is 9.75. The van der Waals surface area contributed by atoms with Crippen LogP contribution in [-0.4, -0.2) is 47.6 Å². The van der Waals surface area contributed by atoms with Gasteiger partial charge in [0.25, 0.3) is 0 Å². The van der Waals surface area contributed by atoms with Crippen molar-refractivity contribution in [2.45, 2.75) is 180 Å². The van der Waals surface area contributed by atoms with Crippen LogP contribution < -0.4 is 16.0 Å². The Morgan fingerprint density at radius 2 is 1.46 bits per heavy atom. The molecule has 5 unspecified atom stereocenters. The molecule has 0 saturated heterocycles. The minimum Gasteiger partial charge on any atom is -0.393 e. The van der Waals surface area contributed by atoms with E-state index < -0.39 is 0 Å². The fraction of sp³-hybridized carbons (Fsp3) is 0.791. The molecule has 0 aromatic heterocycles. The molecule has 4 aliphatic rings. The predicted molar refractivity (Wildman–Crippen MR) is 204 cm³/mol. The highest BCUT2D eigenvalue weighted by atomic mass is 16.3. The molecule has 0 radical (unpaired) electrons. The highest BCUT2D eigenvalue weighted by Gasteiger charge is 2.51. The van der Waals surface area contributed by atoms with Crippen molar-refractivity contribution in [2.75, 3.05) is 13.1 Å². The first-order valence-corrected chi connectivity index (χ1v) is 20.6. The van der Waals surface area contributed by atoms with Crippen LogP contribution >= 0.6 is 0 Å². The number of rotatable bonds is 16. The standard InChI is InChI=1S/C43H71N3O4/c1-32-20-23-36(47)31-35(32)22-21-34-17-16-28-43(4)37(24-25-38(34)43)33(2)41(50)45-30-15-14-29-44-39(48)18-10-6-7-11-19-40(49)46-42(3)26-12-8-5-9-13-27-42/h21-22,33,36-38,47H,1,5-20,23-31H2,2-4H3,(H,44,48)(H,45,50)(H,46,49). The van der Waals surface area contributed by atoms with Crippen molar-refractivity contribution in [3.05, 3.63) is 35.5 Å². The van der Waals surface area contributed by atoms with Gasteiger partial charge in [-0.3, -0.25) is 14.4 Å². The molecule has 282 valence electrons. The summed E-state index contributed by atoms with van der Waals surface area (Å²) in [4.78, 5) is 38.1. The Hall–Kier alpha value is -2.41. The van der Waals surface area contributed by atoms with Crippen LogP contribution in [0.1, 0.15) is 168 Å². The number of aliphatic hydroxyl groups excluding tert-OH is 1. The maximum Gasteiger partial charge on any atom is 0.223 e. The Morgan fingerprint density at radius 3 is 2.18 bits per heavy atom. The Morgan fingerprint density at radius 1 is 0.800 bits per heavy atom. The van der Waals surface area contributed by atoms with Gasteiger partial charge in [-0.15, -0.1) is 0 Å². The molecule has 7 nitrogen and oxygen atoms in total. The number of nitrogens with one attached hydrogen (secondary N) is 3. The first-order valence-electron chi connectivity index (χ1n) is 20.6. The zero-order valence-electron chi connectivity index (χ0n) is 32.0. The minimum atomic E-state index is -0.252. The maximum absolute atomic E-state index is 13.3. The molecule has 4 N–H and O–H groups in total. The number of amides is 3. The van der Waals surface area contributed by atoms with Gasteiger partial charge in [0.15, 0.2) is 0 Å². The fourth-order valence-electron chi connectivity index (χ4n) is 9.75. The molecule has 4 aliphatic carbocycles. The maximum atomic E-state index is 13.3. The minimum absolute atomic E-state index is 0.0144. The highest BCUT2D eigenvalue weighted by Crippen LogP contribution is 2.59. The zero-order chi connectivity index (χ0) is 36.0. The van der Waals surface area contributed by atoms with E-state index in [9.17, 15) is 19.5 Å². The normalized spacial score (nSPS) is 29.1. The molecule has 3 amide bonds. The first-order chi connectivity index (χ1) is 24.0. The summed E-state index contributed by atoms with van der Waals surface area (Å²) in [6.07, 6.45) is 27.4. The van der Waals surface area contributed by atoms with Crippen LogP contribution in [-0.2, 0) is 14.4 Å². The summed E-state index contributed by atoms with van der Waals surface area (Å²) < 4.78 is 0. The summed E-state index contributed by atoms with van der Waals surface area (Å²) in [5.74, 6) is 1.33. The van der Waals surface area contributed by atoms with E-state index in [1.54, 1.807) is 0 Å². The zero-order valence-corrected chi connectivity index (χ0v) is 32.0. The van der Waals surface area contributed by atoms with Crippen LogP contribution in [0.15, 0.2) is 35.5 Å². The highest BCUT2D eigenvalue weighted by molar-refractivity contribution is 5.79. The largest absolute Gasteiger partial charge is 0.393 e. The van der Waals surface area contributed by atoms with Gasteiger partial charge in [0.1, 0.15) is 0 Å². The van der Waals surface area contributed by atoms with Gasteiger partial charge < -0.3 is 21.1 Å². The van der Waals surface area contributed by atoms with Crippen molar-refractivity contribution in [3.8, 4) is 0 Å². The molecule has 0 heterocycles. The van der Waals surface area contributed by atoms with Crippen LogP contribution in [0.3, 0.4) is 0 Å². The van der Waals surface area contributed by atoms with Gasteiger partial charge in [0.05, 0.1) is 6.10 Å². The van der Waals surface area contributed by atoms with Crippen LogP contribution in [0.25, 0.3) is 0 Å². The van der Waals surface area contributed by atoms with Crippen LogP contribution in [0, 0.1) is 23.2 Å². The summed E-state index contributed by atoms with van der Waals surface area (Å²) in [6.45, 7) is 12.3. The van der Waals surface area contributed by atoms with E-state index in [4.69, 9.17) is 0 Å². The second-order valence-corrected chi connectivity index (χ2v) is 17.0. The average Bonchev–Trinajstić information content (AvgIpc) is 3.43. The lowest BCUT2D eigenvalue weighted by molar-refractivity contribution is -0.128. The summed E-state index contributed by atoms with van der Waals surface area (Å²) in [7, 11) is 0. The number of hydrogen-bond acceptors (Lipinski definition) is 4. The van der Waals surface area contributed by atoms with Crippen molar-refractivity contribution in [3.63, 3.8) is 0 Å². The Bertz CT molecular complexity index is 1200. The SMILES string of the molecule is C=C1CCC(O)CC1=CC=C1CCCC2(C)C1CCC2C(C)C(=O)NCCCCNC(=O)CCCCCCC(=O)NC1(C)CCCCCCC1. The van der Waals surface area contributed by atoms with Crippen molar-refractivity contribution < 1.29 is 19.5 Å². The summed E-state index contributed by atoms with van der Waals surface area (Å²) in [5, 5.41) is 19.7. The topological polar surface area (TPSA) is 108 Å². The number of carbonyl (C=O) groups excluding carboxylic acids is 3. The van der Waals surface area contributed by atoms with Gasteiger partial charge in [-0.25, -0.2) is 0 Å². The van der Waals surface area contributed by atoms with Crippen LogP contribution in [0.2, 0.25) is 0 Å². The van der Waals surface area contributed by atoms with E-state index in [0.29, 0.717) is 44.2 Å². The summed E-state index contributed by atoms with van der Waals surface area (Å²) >= 11 is 0. The van der Waals surface area contributed by atoms with Crippen molar-refractivity contribution in [1.82, 2.24) is 16.0 Å². The third-order valence-electron chi connectivity index (χ3n) is 12.9. The average molecular weight is 694 g/mol. The molecule has 7 heteroatoms. The monoisotopic (exact) mass is 694 g/mol. The molecular formula is C43H71N3O4. The third-order valence-corrected chi connectivity index (χ3v) is 12.9. The molecule has 0 aromatic rings. The second kappa shape index (κ2) is 20.0. The number of carbonyl (C=O) groups is 3. The first kappa shape index (κ1) is 40.4. The quantitative estimate of drug-likeness (QED) is 0.121. The molecule has 0 aliphatic heterocycles. The number of allylic oxidation sites excluding steroid dienone is 4. The van der Waals surface area contributed by atoms with Gasteiger partial charge in [-0.1, -0.05) is 88.7 Å². The lowest BCUT2D eigenvalue weighted by Crippen LogP contribution is -2.46. The molecule has 0 spiro atoms. The molecule has 0 aromatic carbocycles. The number of aliphatic hydroxyl groups is 1. The smallest absolute Gasteiger partial charge is 0.223 e. The van der Waals surface area contributed by atoms with Crippen molar-refractivity contribution in [1.29, 1.82) is 0 Å². The van der Waals surface area contributed by atoms with Gasteiger partial charge in [-0.2, -0.15) is 0 Å². The van der Waals surface area contributed by atoms with E-state index in [1.807, 2.05) is 0 Å². The lowest BCUT2D eigenvalue weighted by Gasteiger charge is -2.44. The third kappa shape index (κ3) is 12.1. The van der Waals surface area contributed by atoms with Crippen molar-refractivity contribution >= 4 is 17.7 Å². The summed E-state index contributed by atoms with van der Waals surface area (Å²) in [5.41, 5.74) is 3.99. The molecule has 50 heavy (non-hydrogen) atoms. The Kier molecular flexibility index (Phi) is 16.1. The Balaban J connectivity index is 1.05. The molecule has 4 saturated carbocycles. The van der Waals surface area contributed by atoms with Crippen molar-refractivity contribution in [2.24, 2.45) is 23.2 Å². The summed E-state index contributed by atoms with van der Waals surface area (Å²) in [6, 6.07) is 0. The van der Waals surface area contributed by atoms with Gasteiger partial charge in [0.2, 0.25) is 17.7 Å². The van der Waals surface area contributed by atoms with E-state index in [1.165, 1.54) is 56.1 Å². The molecule has 4 rings (SSSR count). The predicted octanol–water partition coefficient (Wildman–Crippen LogP) is 8.77. The number of unbranched alkanes of at least 4 members (excludes halogenated alkanes) is 4. The van der Waals surface area contributed by atoms with Gasteiger partial charge in [-0.05, 0) is 120 Å². The van der Waals surface area contributed by atoms with Gasteiger partial charge >= 0.3 is 0 Å². The van der Waals surface area contributed by atoms with E-state index in [2.05, 4.69) is 55.5 Å². The second-order valence-electron chi connectivity index (χ2n) is 17.0. The number of fused-ring (bicyclic) bond motifs is 1. The van der Waals surface area contributed by atoms with Gasteiger partial charge in [0, 0.05) is 37.4 Å².